The van der Waals surface area contributed by atoms with Crippen molar-refractivity contribution in [2.45, 2.75) is 6.10 Å². The average Bonchev–Trinajstić information content (AvgIpc) is 2.35. The molecule has 4 N–H and O–H groups in total. The maximum absolute atomic E-state index is 10.7. The van der Waals surface area contributed by atoms with E-state index in [0.29, 0.717) is 11.5 Å². The third kappa shape index (κ3) is 3.61. The molecule has 0 heterocycles. The zero-order chi connectivity index (χ0) is 12.8. The number of aliphatic hydroxyl groups excluding tert-OH is 1. The second-order valence-corrected chi connectivity index (χ2v) is 3.37. The van der Waals surface area contributed by atoms with Gasteiger partial charge in [0.2, 0.25) is 0 Å². The highest BCUT2D eigenvalue weighted by molar-refractivity contribution is 5.88. The van der Waals surface area contributed by atoms with Gasteiger partial charge in [0.1, 0.15) is 12.7 Å². The van der Waals surface area contributed by atoms with Gasteiger partial charge in [-0.15, -0.1) is 0 Å². The Kier molecular flexibility index (Phi) is 4.74. The lowest BCUT2D eigenvalue weighted by Crippen LogP contribution is -2.26. The van der Waals surface area contributed by atoms with E-state index in [1.165, 1.54) is 25.3 Å². The SMILES string of the molecule is COc1cc(C(=O)O)ccc1OCC(O)CN. The van der Waals surface area contributed by atoms with Crippen molar-refractivity contribution in [2.24, 2.45) is 5.73 Å². The van der Waals surface area contributed by atoms with Crippen molar-refractivity contribution >= 4 is 5.97 Å². The second-order valence-electron chi connectivity index (χ2n) is 3.37. The summed E-state index contributed by atoms with van der Waals surface area (Å²) in [5.74, 6) is -0.379. The van der Waals surface area contributed by atoms with Gasteiger partial charge in [-0.3, -0.25) is 0 Å². The van der Waals surface area contributed by atoms with Gasteiger partial charge in [-0.1, -0.05) is 0 Å². The summed E-state index contributed by atoms with van der Waals surface area (Å²) < 4.78 is 10.3. The second kappa shape index (κ2) is 6.07. The topological polar surface area (TPSA) is 102 Å². The Morgan fingerprint density at radius 2 is 2.18 bits per heavy atom. The molecule has 1 unspecified atom stereocenters. The fourth-order valence-corrected chi connectivity index (χ4v) is 1.17. The number of carboxylic acids is 1. The van der Waals surface area contributed by atoms with E-state index < -0.39 is 12.1 Å². The molecule has 6 nitrogen and oxygen atoms in total. The third-order valence-electron chi connectivity index (χ3n) is 2.11. The lowest BCUT2D eigenvalue weighted by atomic mass is 10.2. The maximum Gasteiger partial charge on any atom is 0.335 e. The van der Waals surface area contributed by atoms with Crippen molar-refractivity contribution in [3.63, 3.8) is 0 Å². The quantitative estimate of drug-likeness (QED) is 0.652. The fraction of sp³-hybridized carbons (Fsp3) is 0.364. The highest BCUT2D eigenvalue weighted by Crippen LogP contribution is 2.28. The van der Waals surface area contributed by atoms with Gasteiger partial charge in [-0.05, 0) is 18.2 Å². The Hall–Kier alpha value is -1.79. The predicted molar refractivity (Wildman–Crippen MR) is 60.5 cm³/mol. The molecule has 1 aromatic carbocycles. The minimum Gasteiger partial charge on any atom is -0.493 e. The van der Waals surface area contributed by atoms with Crippen LogP contribution in [0.1, 0.15) is 10.4 Å². The molecule has 0 aliphatic rings. The molecular formula is C11H15NO5. The van der Waals surface area contributed by atoms with Crippen molar-refractivity contribution in [3.8, 4) is 11.5 Å². The molecule has 0 spiro atoms. The molecule has 0 radical (unpaired) electrons. The first-order valence-corrected chi connectivity index (χ1v) is 5.00. The summed E-state index contributed by atoms with van der Waals surface area (Å²) in [6.07, 6.45) is -0.765. The molecule has 0 saturated carbocycles. The van der Waals surface area contributed by atoms with Crippen LogP contribution in [0.4, 0.5) is 0 Å². The van der Waals surface area contributed by atoms with Crippen LogP contribution in [-0.2, 0) is 0 Å². The molecule has 1 rings (SSSR count). The molecule has 0 aromatic heterocycles. The van der Waals surface area contributed by atoms with Crippen LogP contribution in [0.2, 0.25) is 0 Å². The van der Waals surface area contributed by atoms with Gasteiger partial charge in [-0.25, -0.2) is 4.79 Å². The molecule has 0 amide bonds. The van der Waals surface area contributed by atoms with Gasteiger partial charge < -0.3 is 25.4 Å². The smallest absolute Gasteiger partial charge is 0.335 e. The van der Waals surface area contributed by atoms with Gasteiger partial charge in [-0.2, -0.15) is 0 Å². The van der Waals surface area contributed by atoms with Crippen molar-refractivity contribution in [2.75, 3.05) is 20.3 Å². The fourth-order valence-electron chi connectivity index (χ4n) is 1.17. The van der Waals surface area contributed by atoms with Crippen LogP contribution in [0.25, 0.3) is 0 Å². The number of aliphatic hydroxyl groups is 1. The van der Waals surface area contributed by atoms with Crippen molar-refractivity contribution in [3.05, 3.63) is 23.8 Å². The van der Waals surface area contributed by atoms with E-state index in [1.54, 1.807) is 0 Å². The number of hydrogen-bond donors (Lipinski definition) is 3. The first kappa shape index (κ1) is 13.3. The van der Waals surface area contributed by atoms with Gasteiger partial charge in [0.05, 0.1) is 12.7 Å². The van der Waals surface area contributed by atoms with E-state index in [2.05, 4.69) is 0 Å². The van der Waals surface area contributed by atoms with Gasteiger partial charge >= 0.3 is 5.97 Å². The van der Waals surface area contributed by atoms with E-state index in [-0.39, 0.29) is 18.7 Å². The van der Waals surface area contributed by atoms with Gasteiger partial charge in [0.15, 0.2) is 11.5 Å². The van der Waals surface area contributed by atoms with Crippen LogP contribution in [0, 0.1) is 0 Å². The number of benzene rings is 1. The number of methoxy groups -OCH3 is 1. The number of carboxylic acid groups (broad SMARTS) is 1. The minimum absolute atomic E-state index is 0.0271. The number of ether oxygens (including phenoxy) is 2. The molecule has 1 atom stereocenters. The van der Waals surface area contributed by atoms with Crippen molar-refractivity contribution < 1.29 is 24.5 Å². The zero-order valence-electron chi connectivity index (χ0n) is 9.42. The molecule has 0 aliphatic carbocycles. The summed E-state index contributed by atoms with van der Waals surface area (Å²) in [5.41, 5.74) is 5.34. The molecule has 94 valence electrons. The third-order valence-corrected chi connectivity index (χ3v) is 2.11. The Balaban J connectivity index is 2.82. The van der Waals surface area contributed by atoms with Gasteiger partial charge in [0, 0.05) is 6.54 Å². The van der Waals surface area contributed by atoms with E-state index >= 15 is 0 Å². The number of nitrogens with two attached hydrogens (primary N) is 1. The summed E-state index contributed by atoms with van der Waals surface area (Å²) in [6, 6.07) is 4.23. The molecule has 6 heteroatoms. The number of aromatic carboxylic acids is 1. The molecular weight excluding hydrogens is 226 g/mol. The summed E-state index contributed by atoms with van der Waals surface area (Å²) in [6.45, 7) is 0.120. The Morgan fingerprint density at radius 1 is 1.47 bits per heavy atom. The van der Waals surface area contributed by atoms with Crippen molar-refractivity contribution in [1.82, 2.24) is 0 Å². The maximum atomic E-state index is 10.7. The lowest BCUT2D eigenvalue weighted by Gasteiger charge is -2.13. The predicted octanol–water partition coefficient (Wildman–Crippen LogP) is 0.0918. The first-order chi connectivity index (χ1) is 8.08. The Labute approximate surface area is 98.6 Å². The largest absolute Gasteiger partial charge is 0.493 e. The summed E-state index contributed by atoms with van der Waals surface area (Å²) in [4.78, 5) is 10.7. The number of rotatable bonds is 6. The number of carbonyl (C=O) groups is 1. The zero-order valence-corrected chi connectivity index (χ0v) is 9.42. The van der Waals surface area contributed by atoms with Crippen LogP contribution in [-0.4, -0.2) is 42.5 Å². The average molecular weight is 241 g/mol. The number of hydrogen-bond acceptors (Lipinski definition) is 5. The Bertz CT molecular complexity index is 393. The van der Waals surface area contributed by atoms with E-state index in [4.69, 9.17) is 20.3 Å². The van der Waals surface area contributed by atoms with Crippen LogP contribution in [0.3, 0.4) is 0 Å². The monoisotopic (exact) mass is 241 g/mol. The van der Waals surface area contributed by atoms with Crippen LogP contribution in [0.5, 0.6) is 11.5 Å². The van der Waals surface area contributed by atoms with Crippen LogP contribution >= 0.6 is 0 Å². The Morgan fingerprint density at radius 3 is 2.71 bits per heavy atom. The molecule has 0 saturated heterocycles. The first-order valence-electron chi connectivity index (χ1n) is 5.00. The summed E-state index contributed by atoms with van der Waals surface area (Å²) >= 11 is 0. The molecule has 0 aliphatic heterocycles. The standard InChI is InChI=1S/C11H15NO5/c1-16-10-4-7(11(14)15)2-3-9(10)17-6-8(13)5-12/h2-4,8,13H,5-6,12H2,1H3,(H,14,15). The van der Waals surface area contributed by atoms with E-state index in [9.17, 15) is 9.90 Å². The molecule has 0 fully saturated rings. The summed E-state index contributed by atoms with van der Waals surface area (Å²) in [7, 11) is 1.41. The normalized spacial score (nSPS) is 11.9. The summed E-state index contributed by atoms with van der Waals surface area (Å²) in [5, 5.41) is 18.0. The molecule has 0 bridgehead atoms. The lowest BCUT2D eigenvalue weighted by molar-refractivity contribution is 0.0696. The van der Waals surface area contributed by atoms with E-state index in [1.807, 2.05) is 0 Å². The highest BCUT2D eigenvalue weighted by Gasteiger charge is 2.11. The van der Waals surface area contributed by atoms with Crippen LogP contribution < -0.4 is 15.2 Å². The molecule has 1 aromatic rings. The van der Waals surface area contributed by atoms with Crippen molar-refractivity contribution in [1.29, 1.82) is 0 Å². The highest BCUT2D eigenvalue weighted by atomic mass is 16.5. The molecule has 17 heavy (non-hydrogen) atoms. The minimum atomic E-state index is -1.04. The van der Waals surface area contributed by atoms with Gasteiger partial charge in [0.25, 0.3) is 0 Å². The van der Waals surface area contributed by atoms with E-state index in [0.717, 1.165) is 0 Å². The van der Waals surface area contributed by atoms with Crippen LogP contribution in [0.15, 0.2) is 18.2 Å².